The van der Waals surface area contributed by atoms with E-state index in [1.807, 2.05) is 31.2 Å². The molecule has 24 heavy (non-hydrogen) atoms. The maximum atomic E-state index is 12.0. The molecule has 130 valence electrons. The SMILES string of the molecule is CCOc1ccc(N=CCOC(=O)C2=C(C)N(CCO)NN2)cc1. The summed E-state index contributed by atoms with van der Waals surface area (Å²) in [5, 5.41) is 10.6. The lowest BCUT2D eigenvalue weighted by Gasteiger charge is -2.16. The van der Waals surface area contributed by atoms with E-state index in [9.17, 15) is 4.79 Å². The molecule has 1 aromatic rings. The number of esters is 1. The van der Waals surface area contributed by atoms with Gasteiger partial charge in [0.1, 0.15) is 12.4 Å². The highest BCUT2D eigenvalue weighted by atomic mass is 16.5. The van der Waals surface area contributed by atoms with Crippen molar-refractivity contribution in [3.63, 3.8) is 0 Å². The molecule has 0 spiro atoms. The van der Waals surface area contributed by atoms with E-state index in [-0.39, 0.29) is 13.2 Å². The van der Waals surface area contributed by atoms with E-state index < -0.39 is 5.97 Å². The molecule has 0 radical (unpaired) electrons. The smallest absolute Gasteiger partial charge is 0.358 e. The molecule has 0 bridgehead atoms. The average molecular weight is 334 g/mol. The van der Waals surface area contributed by atoms with Crippen molar-refractivity contribution >= 4 is 17.9 Å². The van der Waals surface area contributed by atoms with E-state index in [1.165, 1.54) is 6.21 Å². The second-order valence-electron chi connectivity index (χ2n) is 4.91. The Morgan fingerprint density at radius 3 is 2.79 bits per heavy atom. The molecule has 0 amide bonds. The number of hydrazine groups is 2. The van der Waals surface area contributed by atoms with Crippen LogP contribution in [0, 0.1) is 0 Å². The van der Waals surface area contributed by atoms with Gasteiger partial charge in [-0.25, -0.2) is 4.79 Å². The number of hydrogen-bond acceptors (Lipinski definition) is 8. The number of β-amino-alcohol motifs (C(OH)–C–C–N with tert-alkyl or cyclic N) is 1. The minimum absolute atomic E-state index is 0.0247. The van der Waals surface area contributed by atoms with Crippen LogP contribution in [0.2, 0.25) is 0 Å². The number of carbonyl (C=O) groups is 1. The van der Waals surface area contributed by atoms with E-state index in [0.29, 0.717) is 24.5 Å². The lowest BCUT2D eigenvalue weighted by atomic mass is 10.3. The fourth-order valence-electron chi connectivity index (χ4n) is 2.08. The molecule has 8 heteroatoms. The monoisotopic (exact) mass is 334 g/mol. The van der Waals surface area contributed by atoms with Crippen molar-refractivity contribution in [3.05, 3.63) is 35.7 Å². The van der Waals surface area contributed by atoms with E-state index in [0.717, 1.165) is 11.4 Å². The predicted molar refractivity (Wildman–Crippen MR) is 89.5 cm³/mol. The second-order valence-corrected chi connectivity index (χ2v) is 4.91. The fourth-order valence-corrected chi connectivity index (χ4v) is 2.08. The summed E-state index contributed by atoms with van der Waals surface area (Å²) in [4.78, 5) is 16.2. The number of ether oxygens (including phenoxy) is 2. The number of aliphatic hydroxyl groups excluding tert-OH is 1. The van der Waals surface area contributed by atoms with Gasteiger partial charge in [-0.15, -0.1) is 5.53 Å². The van der Waals surface area contributed by atoms with Gasteiger partial charge in [-0.3, -0.25) is 15.4 Å². The first-order valence-corrected chi connectivity index (χ1v) is 7.69. The van der Waals surface area contributed by atoms with Gasteiger partial charge in [0.15, 0.2) is 5.70 Å². The summed E-state index contributed by atoms with van der Waals surface area (Å²) in [5.74, 6) is 0.302. The molecule has 1 aromatic carbocycles. The summed E-state index contributed by atoms with van der Waals surface area (Å²) in [6, 6.07) is 7.32. The van der Waals surface area contributed by atoms with Crippen molar-refractivity contribution in [1.29, 1.82) is 0 Å². The summed E-state index contributed by atoms with van der Waals surface area (Å²) < 4.78 is 10.5. The van der Waals surface area contributed by atoms with E-state index in [1.54, 1.807) is 11.9 Å². The number of carbonyl (C=O) groups excluding carboxylic acids is 1. The Balaban J connectivity index is 1.82. The number of hydrogen-bond donors (Lipinski definition) is 3. The highest BCUT2D eigenvalue weighted by Crippen LogP contribution is 2.17. The minimum atomic E-state index is -0.487. The van der Waals surface area contributed by atoms with Crippen molar-refractivity contribution in [2.45, 2.75) is 13.8 Å². The van der Waals surface area contributed by atoms with Crippen LogP contribution in [0.1, 0.15) is 13.8 Å². The average Bonchev–Trinajstić information content (AvgIpc) is 2.94. The van der Waals surface area contributed by atoms with Gasteiger partial charge in [0.25, 0.3) is 0 Å². The number of aliphatic imine (C=N–C) groups is 1. The van der Waals surface area contributed by atoms with Crippen LogP contribution in [-0.2, 0) is 9.53 Å². The van der Waals surface area contributed by atoms with Gasteiger partial charge in [-0.1, -0.05) is 0 Å². The molecular formula is C16H22N4O4. The summed E-state index contributed by atoms with van der Waals surface area (Å²) in [6.45, 7) is 4.71. The molecule has 0 atom stereocenters. The Bertz CT molecular complexity index is 613. The highest BCUT2D eigenvalue weighted by Gasteiger charge is 2.24. The first-order chi connectivity index (χ1) is 11.7. The lowest BCUT2D eigenvalue weighted by Crippen LogP contribution is -2.39. The minimum Gasteiger partial charge on any atom is -0.494 e. The van der Waals surface area contributed by atoms with Gasteiger partial charge in [0, 0.05) is 6.21 Å². The molecule has 8 nitrogen and oxygen atoms in total. The van der Waals surface area contributed by atoms with Gasteiger partial charge in [0.05, 0.1) is 31.1 Å². The number of allylic oxidation sites excluding steroid dienone is 1. The molecule has 0 fully saturated rings. The molecule has 0 unspecified atom stereocenters. The molecule has 1 aliphatic rings. The molecule has 2 rings (SSSR count). The van der Waals surface area contributed by atoms with Crippen LogP contribution >= 0.6 is 0 Å². The summed E-state index contributed by atoms with van der Waals surface area (Å²) in [5.41, 5.74) is 7.23. The van der Waals surface area contributed by atoms with Crippen molar-refractivity contribution in [2.75, 3.05) is 26.4 Å². The Morgan fingerprint density at radius 1 is 1.38 bits per heavy atom. The second kappa shape index (κ2) is 8.90. The molecule has 0 saturated heterocycles. The zero-order chi connectivity index (χ0) is 17.4. The lowest BCUT2D eigenvalue weighted by molar-refractivity contribution is -0.137. The number of nitrogens with one attached hydrogen (secondary N) is 2. The Morgan fingerprint density at radius 2 is 2.12 bits per heavy atom. The van der Waals surface area contributed by atoms with Crippen LogP contribution in [0.5, 0.6) is 5.75 Å². The van der Waals surface area contributed by atoms with Gasteiger partial charge >= 0.3 is 5.97 Å². The van der Waals surface area contributed by atoms with Crippen molar-refractivity contribution in [2.24, 2.45) is 4.99 Å². The summed E-state index contributed by atoms with van der Waals surface area (Å²) in [6.07, 6.45) is 1.53. The fraction of sp³-hybridized carbons (Fsp3) is 0.375. The van der Waals surface area contributed by atoms with Crippen LogP contribution in [0.3, 0.4) is 0 Å². The molecule has 1 aliphatic heterocycles. The Labute approximate surface area is 140 Å². The van der Waals surface area contributed by atoms with Gasteiger partial charge in [-0.05, 0) is 38.1 Å². The Kier molecular flexibility index (Phi) is 6.59. The third-order valence-electron chi connectivity index (χ3n) is 3.29. The van der Waals surface area contributed by atoms with E-state index in [2.05, 4.69) is 16.0 Å². The topological polar surface area (TPSA) is 95.4 Å². The van der Waals surface area contributed by atoms with Crippen LogP contribution in [0.15, 0.2) is 40.7 Å². The van der Waals surface area contributed by atoms with Gasteiger partial charge in [-0.2, -0.15) is 0 Å². The number of aliphatic hydroxyl groups is 1. The molecule has 3 N–H and O–H groups in total. The van der Waals surface area contributed by atoms with E-state index in [4.69, 9.17) is 14.6 Å². The van der Waals surface area contributed by atoms with E-state index >= 15 is 0 Å². The normalized spacial score (nSPS) is 14.2. The predicted octanol–water partition coefficient (Wildman–Crippen LogP) is 0.879. The van der Waals surface area contributed by atoms with Crippen LogP contribution < -0.4 is 15.7 Å². The van der Waals surface area contributed by atoms with Crippen LogP contribution in [0.25, 0.3) is 0 Å². The van der Waals surface area contributed by atoms with Gasteiger partial charge in [0.2, 0.25) is 0 Å². The first kappa shape index (κ1) is 17.8. The van der Waals surface area contributed by atoms with Crippen LogP contribution in [-0.4, -0.2) is 48.7 Å². The zero-order valence-electron chi connectivity index (χ0n) is 13.8. The molecule has 1 heterocycles. The maximum absolute atomic E-state index is 12.0. The Hall–Kier alpha value is -2.58. The standard InChI is InChI=1S/C16H22N4O4/c1-3-23-14-6-4-13(5-7-14)17-8-11-24-16(22)15-12(2)20(9-10-21)19-18-15/h4-8,18-19,21H,3,9-11H2,1-2H3. The van der Waals surface area contributed by atoms with Crippen LogP contribution in [0.4, 0.5) is 5.69 Å². The van der Waals surface area contributed by atoms with Crippen molar-refractivity contribution in [3.8, 4) is 5.75 Å². The number of nitrogens with zero attached hydrogens (tertiary/aromatic N) is 2. The molecule has 0 aliphatic carbocycles. The molecule has 0 aromatic heterocycles. The third kappa shape index (κ3) is 4.71. The van der Waals surface area contributed by atoms with Crippen molar-refractivity contribution in [1.82, 2.24) is 16.0 Å². The quantitative estimate of drug-likeness (QED) is 0.480. The zero-order valence-corrected chi connectivity index (χ0v) is 13.8. The largest absolute Gasteiger partial charge is 0.494 e. The van der Waals surface area contributed by atoms with Crippen molar-refractivity contribution < 1.29 is 19.4 Å². The van der Waals surface area contributed by atoms with Gasteiger partial charge < -0.3 is 14.6 Å². The highest BCUT2D eigenvalue weighted by molar-refractivity contribution is 5.89. The molecular weight excluding hydrogens is 312 g/mol. The third-order valence-corrected chi connectivity index (χ3v) is 3.29. The summed E-state index contributed by atoms with van der Waals surface area (Å²) in [7, 11) is 0. The number of benzene rings is 1. The molecule has 0 saturated carbocycles. The number of rotatable bonds is 8. The maximum Gasteiger partial charge on any atom is 0.358 e. The summed E-state index contributed by atoms with van der Waals surface area (Å²) >= 11 is 0. The first-order valence-electron chi connectivity index (χ1n) is 7.69.